The zero-order chi connectivity index (χ0) is 8.16. The largest absolute Gasteiger partial charge is 0.390 e. The van der Waals surface area contributed by atoms with E-state index in [1.54, 1.807) is 0 Å². The molecule has 1 aliphatic heterocycles. The van der Waals surface area contributed by atoms with Crippen molar-refractivity contribution in [2.75, 3.05) is 25.1 Å². The lowest BCUT2D eigenvalue weighted by molar-refractivity contribution is 0.00810. The van der Waals surface area contributed by atoms with E-state index in [0.29, 0.717) is 0 Å². The first-order chi connectivity index (χ1) is 5.27. The number of nitrogens with one attached hydrogen (secondary N) is 1. The fourth-order valence-corrected chi connectivity index (χ4v) is 2.02. The van der Waals surface area contributed by atoms with Crippen LogP contribution in [-0.4, -0.2) is 35.8 Å². The Morgan fingerprint density at radius 2 is 2.00 bits per heavy atom. The van der Waals surface area contributed by atoms with Crippen molar-refractivity contribution in [1.29, 1.82) is 0 Å². The van der Waals surface area contributed by atoms with Gasteiger partial charge in [-0.25, -0.2) is 0 Å². The van der Waals surface area contributed by atoms with Crippen molar-refractivity contribution in [3.05, 3.63) is 0 Å². The molecule has 74 valence electrons. The summed E-state index contributed by atoms with van der Waals surface area (Å²) in [5.41, 5.74) is -0.353. The number of halogens is 1. The van der Waals surface area contributed by atoms with Gasteiger partial charge in [-0.3, -0.25) is 0 Å². The molecule has 0 aromatic carbocycles. The average Bonchev–Trinajstić information content (AvgIpc) is 2.03. The van der Waals surface area contributed by atoms with Crippen molar-refractivity contribution in [2.24, 2.45) is 0 Å². The van der Waals surface area contributed by atoms with Crippen LogP contribution in [0.1, 0.15) is 19.3 Å². The number of thioether (sulfide) groups is 1. The van der Waals surface area contributed by atoms with E-state index < -0.39 is 0 Å². The van der Waals surface area contributed by atoms with Crippen LogP contribution in [-0.2, 0) is 0 Å². The molecule has 0 atom stereocenters. The second-order valence-electron chi connectivity index (χ2n) is 3.22. The van der Waals surface area contributed by atoms with Crippen LogP contribution in [0.5, 0.6) is 0 Å². The topological polar surface area (TPSA) is 32.3 Å². The summed E-state index contributed by atoms with van der Waals surface area (Å²) in [5, 5.41) is 13.2. The molecular formula is C8H18ClNOS. The van der Waals surface area contributed by atoms with Gasteiger partial charge in [-0.15, -0.1) is 12.4 Å². The Hall–Kier alpha value is 0.560. The predicted octanol–water partition coefficient (Wildman–Crippen LogP) is 1.28. The van der Waals surface area contributed by atoms with Gasteiger partial charge in [-0.1, -0.05) is 0 Å². The lowest BCUT2D eigenvalue weighted by Crippen LogP contribution is -2.42. The zero-order valence-electron chi connectivity index (χ0n) is 7.51. The molecule has 1 saturated heterocycles. The normalized spacial score (nSPS) is 21.5. The summed E-state index contributed by atoms with van der Waals surface area (Å²) in [4.78, 5) is 0. The van der Waals surface area contributed by atoms with Crippen LogP contribution in [0, 0.1) is 0 Å². The number of hydrogen-bond acceptors (Lipinski definition) is 3. The van der Waals surface area contributed by atoms with Crippen LogP contribution < -0.4 is 5.32 Å². The minimum absolute atomic E-state index is 0. The summed E-state index contributed by atoms with van der Waals surface area (Å²) in [6.45, 7) is 1.95. The average molecular weight is 212 g/mol. The molecule has 1 heterocycles. The van der Waals surface area contributed by atoms with E-state index in [4.69, 9.17) is 0 Å². The molecule has 0 aromatic heterocycles. The van der Waals surface area contributed by atoms with Gasteiger partial charge in [0.1, 0.15) is 0 Å². The zero-order valence-corrected chi connectivity index (χ0v) is 9.14. The molecule has 1 rings (SSSR count). The standard InChI is InChI=1S/C8H17NOS.ClH/c1-11-7-4-8(10)2-5-9-6-3-8;/h9-10H,2-7H2,1H3;1H. The summed E-state index contributed by atoms with van der Waals surface area (Å²) in [5.74, 6) is 1.08. The molecule has 12 heavy (non-hydrogen) atoms. The molecular weight excluding hydrogens is 194 g/mol. The van der Waals surface area contributed by atoms with Crippen LogP contribution in [0.2, 0.25) is 0 Å². The number of piperidine rings is 1. The van der Waals surface area contributed by atoms with Crippen molar-refractivity contribution in [1.82, 2.24) is 5.32 Å². The lowest BCUT2D eigenvalue weighted by atomic mass is 9.90. The molecule has 0 bridgehead atoms. The first kappa shape index (κ1) is 12.6. The van der Waals surface area contributed by atoms with Crippen LogP contribution in [0.3, 0.4) is 0 Å². The molecule has 0 unspecified atom stereocenters. The highest BCUT2D eigenvalue weighted by Gasteiger charge is 2.27. The van der Waals surface area contributed by atoms with Gasteiger partial charge in [0.05, 0.1) is 5.60 Å². The molecule has 0 aromatic rings. The molecule has 1 fully saturated rings. The summed E-state index contributed by atoms with van der Waals surface area (Å²) in [7, 11) is 0. The Morgan fingerprint density at radius 1 is 1.42 bits per heavy atom. The van der Waals surface area contributed by atoms with E-state index in [1.807, 2.05) is 11.8 Å². The SMILES string of the molecule is CSCCC1(O)CCNCC1.Cl. The molecule has 4 heteroatoms. The van der Waals surface area contributed by atoms with E-state index in [-0.39, 0.29) is 18.0 Å². The Balaban J connectivity index is 0.00000121. The second-order valence-corrected chi connectivity index (χ2v) is 4.20. The van der Waals surface area contributed by atoms with Crippen LogP contribution >= 0.6 is 24.2 Å². The number of hydrogen-bond donors (Lipinski definition) is 2. The maximum Gasteiger partial charge on any atom is 0.0679 e. The summed E-state index contributed by atoms with van der Waals surface area (Å²) < 4.78 is 0. The number of rotatable bonds is 3. The quantitative estimate of drug-likeness (QED) is 0.738. The van der Waals surface area contributed by atoms with E-state index in [2.05, 4.69) is 11.6 Å². The van der Waals surface area contributed by atoms with E-state index in [1.165, 1.54) is 0 Å². The monoisotopic (exact) mass is 211 g/mol. The van der Waals surface area contributed by atoms with Crippen LogP contribution in [0.4, 0.5) is 0 Å². The molecule has 0 saturated carbocycles. The summed E-state index contributed by atoms with van der Waals surface area (Å²) in [6, 6.07) is 0. The van der Waals surface area contributed by atoms with Gasteiger partial charge >= 0.3 is 0 Å². The molecule has 2 N–H and O–H groups in total. The van der Waals surface area contributed by atoms with Crippen LogP contribution in [0.25, 0.3) is 0 Å². The van der Waals surface area contributed by atoms with Gasteiger partial charge in [0, 0.05) is 0 Å². The third kappa shape index (κ3) is 3.99. The van der Waals surface area contributed by atoms with E-state index >= 15 is 0 Å². The molecule has 0 amide bonds. The van der Waals surface area contributed by atoms with Crippen molar-refractivity contribution in [2.45, 2.75) is 24.9 Å². The van der Waals surface area contributed by atoms with Gasteiger partial charge in [0.25, 0.3) is 0 Å². The first-order valence-electron chi connectivity index (χ1n) is 4.19. The minimum Gasteiger partial charge on any atom is -0.390 e. The summed E-state index contributed by atoms with van der Waals surface area (Å²) >= 11 is 1.81. The third-order valence-corrected chi connectivity index (χ3v) is 2.92. The second kappa shape index (κ2) is 6.08. The highest BCUT2D eigenvalue weighted by atomic mass is 35.5. The first-order valence-corrected chi connectivity index (χ1v) is 5.58. The van der Waals surface area contributed by atoms with Gasteiger partial charge in [0.2, 0.25) is 0 Å². The molecule has 0 radical (unpaired) electrons. The summed E-state index contributed by atoms with van der Waals surface area (Å²) in [6.07, 6.45) is 4.89. The maximum atomic E-state index is 9.95. The Bertz CT molecular complexity index is 118. The lowest BCUT2D eigenvalue weighted by Gasteiger charge is -2.32. The van der Waals surface area contributed by atoms with Crippen LogP contribution in [0.15, 0.2) is 0 Å². The van der Waals surface area contributed by atoms with Gasteiger partial charge in [-0.2, -0.15) is 11.8 Å². The maximum absolute atomic E-state index is 9.95. The molecule has 0 spiro atoms. The highest BCUT2D eigenvalue weighted by molar-refractivity contribution is 7.98. The Morgan fingerprint density at radius 3 is 2.50 bits per heavy atom. The van der Waals surface area contributed by atoms with Gasteiger partial charge < -0.3 is 10.4 Å². The highest BCUT2D eigenvalue weighted by Crippen LogP contribution is 2.23. The van der Waals surface area contributed by atoms with Crippen molar-refractivity contribution in [3.8, 4) is 0 Å². The van der Waals surface area contributed by atoms with Crippen molar-refractivity contribution < 1.29 is 5.11 Å². The molecule has 0 aliphatic carbocycles. The molecule has 2 nitrogen and oxygen atoms in total. The van der Waals surface area contributed by atoms with Crippen molar-refractivity contribution in [3.63, 3.8) is 0 Å². The van der Waals surface area contributed by atoms with E-state index in [0.717, 1.165) is 38.1 Å². The van der Waals surface area contributed by atoms with Gasteiger partial charge in [0.15, 0.2) is 0 Å². The predicted molar refractivity (Wildman–Crippen MR) is 57.3 cm³/mol. The van der Waals surface area contributed by atoms with Crippen molar-refractivity contribution >= 4 is 24.2 Å². The fourth-order valence-electron chi connectivity index (χ4n) is 1.43. The molecule has 1 aliphatic rings. The fraction of sp³-hybridized carbons (Fsp3) is 1.00. The van der Waals surface area contributed by atoms with Gasteiger partial charge in [-0.05, 0) is 44.4 Å². The minimum atomic E-state index is -0.353. The third-order valence-electron chi connectivity index (χ3n) is 2.31. The number of aliphatic hydroxyl groups is 1. The van der Waals surface area contributed by atoms with E-state index in [9.17, 15) is 5.11 Å². The smallest absolute Gasteiger partial charge is 0.0679 e. The Kier molecular flexibility index (Phi) is 6.36. The Labute approximate surface area is 84.9 Å².